The largest absolute Gasteiger partial charge is 0.366 e. The van der Waals surface area contributed by atoms with Crippen LogP contribution >= 0.6 is 23.2 Å². The third kappa shape index (κ3) is 3.49. The molecule has 0 aliphatic carbocycles. The van der Waals surface area contributed by atoms with Gasteiger partial charge in [-0.25, -0.2) is 0 Å². The van der Waals surface area contributed by atoms with Crippen molar-refractivity contribution in [1.29, 1.82) is 5.26 Å². The van der Waals surface area contributed by atoms with Crippen molar-refractivity contribution in [3.05, 3.63) is 57.8 Å². The Kier molecular flexibility index (Phi) is 5.25. The minimum atomic E-state index is -0.226. The average molecular weight is 361 g/mol. The molecule has 2 heterocycles. The van der Waals surface area contributed by atoms with Gasteiger partial charge in [0.05, 0.1) is 21.8 Å². The number of aryl methyl sites for hydroxylation is 1. The second-order valence-electron chi connectivity index (χ2n) is 5.92. The monoisotopic (exact) mass is 360 g/mol. The Bertz CT molecular complexity index is 744. The number of hydrogen-bond donors (Lipinski definition) is 0. The molecular weight excluding hydrogens is 343 g/mol. The maximum atomic E-state index is 9.64. The van der Waals surface area contributed by atoms with Gasteiger partial charge in [-0.15, -0.1) is 0 Å². The van der Waals surface area contributed by atoms with Gasteiger partial charge in [0.1, 0.15) is 6.04 Å². The lowest BCUT2D eigenvalue weighted by molar-refractivity contribution is 0.222. The Morgan fingerprint density at radius 3 is 2.38 bits per heavy atom. The van der Waals surface area contributed by atoms with Crippen molar-refractivity contribution in [1.82, 2.24) is 9.88 Å². The molecule has 124 valence electrons. The van der Waals surface area contributed by atoms with Crippen LogP contribution in [-0.2, 0) is 0 Å². The van der Waals surface area contributed by atoms with Crippen LogP contribution in [0.4, 0.5) is 5.69 Å². The lowest BCUT2D eigenvalue weighted by Gasteiger charge is -2.38. The van der Waals surface area contributed by atoms with Crippen LogP contribution in [0.15, 0.2) is 36.7 Å². The van der Waals surface area contributed by atoms with E-state index in [9.17, 15) is 5.26 Å². The first-order valence-electron chi connectivity index (χ1n) is 7.84. The summed E-state index contributed by atoms with van der Waals surface area (Å²) in [7, 11) is 0. The molecule has 0 spiro atoms. The smallest absolute Gasteiger partial charge is 0.123 e. The Morgan fingerprint density at radius 1 is 1.12 bits per heavy atom. The summed E-state index contributed by atoms with van der Waals surface area (Å²) in [5.74, 6) is 0. The number of pyridine rings is 1. The molecule has 1 unspecified atom stereocenters. The number of aromatic nitrogens is 1. The van der Waals surface area contributed by atoms with E-state index in [2.05, 4.69) is 26.9 Å². The molecule has 2 aromatic rings. The number of halogens is 2. The molecule has 1 saturated heterocycles. The Hall–Kier alpha value is -1.80. The number of hydrogen-bond acceptors (Lipinski definition) is 4. The van der Waals surface area contributed by atoms with Gasteiger partial charge < -0.3 is 4.90 Å². The number of rotatable bonds is 3. The molecule has 0 radical (unpaired) electrons. The quantitative estimate of drug-likeness (QED) is 0.826. The summed E-state index contributed by atoms with van der Waals surface area (Å²) in [6, 6.07) is 10.4. The summed E-state index contributed by atoms with van der Waals surface area (Å²) in [5.41, 5.74) is 3.05. The second kappa shape index (κ2) is 7.40. The number of benzene rings is 1. The van der Waals surface area contributed by atoms with E-state index in [1.807, 2.05) is 25.1 Å². The summed E-state index contributed by atoms with van der Waals surface area (Å²) in [6.45, 7) is 5.15. The summed E-state index contributed by atoms with van der Waals surface area (Å²) in [6.07, 6.45) is 3.22. The molecule has 1 aromatic heterocycles. The van der Waals surface area contributed by atoms with Crippen molar-refractivity contribution in [3.63, 3.8) is 0 Å². The van der Waals surface area contributed by atoms with Crippen LogP contribution < -0.4 is 4.90 Å². The van der Waals surface area contributed by atoms with Crippen molar-refractivity contribution < 1.29 is 0 Å². The van der Waals surface area contributed by atoms with E-state index in [0.29, 0.717) is 10.0 Å². The van der Waals surface area contributed by atoms with E-state index < -0.39 is 0 Å². The van der Waals surface area contributed by atoms with E-state index >= 15 is 0 Å². The van der Waals surface area contributed by atoms with Gasteiger partial charge in [-0.05, 0) is 12.5 Å². The van der Waals surface area contributed by atoms with E-state index in [1.165, 1.54) is 5.56 Å². The minimum absolute atomic E-state index is 0.226. The number of piperazine rings is 1. The summed E-state index contributed by atoms with van der Waals surface area (Å²) in [4.78, 5) is 8.36. The maximum Gasteiger partial charge on any atom is 0.123 e. The fourth-order valence-electron chi connectivity index (χ4n) is 3.12. The van der Waals surface area contributed by atoms with Gasteiger partial charge in [0.25, 0.3) is 0 Å². The lowest BCUT2D eigenvalue weighted by atomic mass is 10.0. The molecule has 0 bridgehead atoms. The molecular formula is C18H18Cl2N4. The number of anilines is 1. The average Bonchev–Trinajstić information content (AvgIpc) is 2.57. The topological polar surface area (TPSA) is 43.2 Å². The van der Waals surface area contributed by atoms with E-state index in [4.69, 9.17) is 23.2 Å². The highest BCUT2D eigenvalue weighted by molar-refractivity contribution is 6.38. The summed E-state index contributed by atoms with van der Waals surface area (Å²) in [5, 5.41) is 10.8. The molecule has 1 aliphatic heterocycles. The van der Waals surface area contributed by atoms with Crippen molar-refractivity contribution in [2.24, 2.45) is 0 Å². The zero-order chi connectivity index (χ0) is 17.1. The lowest BCUT2D eigenvalue weighted by Crippen LogP contribution is -2.47. The first kappa shape index (κ1) is 17.0. The normalized spacial score (nSPS) is 16.7. The van der Waals surface area contributed by atoms with E-state index in [1.54, 1.807) is 12.4 Å². The van der Waals surface area contributed by atoms with Gasteiger partial charge >= 0.3 is 0 Å². The molecule has 4 nitrogen and oxygen atoms in total. The van der Waals surface area contributed by atoms with Crippen molar-refractivity contribution in [2.75, 3.05) is 31.1 Å². The predicted octanol–water partition coefficient (Wildman–Crippen LogP) is 4.08. The van der Waals surface area contributed by atoms with Crippen molar-refractivity contribution in [2.45, 2.75) is 13.0 Å². The number of nitriles is 1. The van der Waals surface area contributed by atoms with Crippen LogP contribution in [-0.4, -0.2) is 36.1 Å². The van der Waals surface area contributed by atoms with Gasteiger partial charge in [-0.1, -0.05) is 53.0 Å². The third-order valence-corrected chi connectivity index (χ3v) is 4.86. The van der Waals surface area contributed by atoms with Crippen LogP contribution in [0.2, 0.25) is 10.0 Å². The fourth-order valence-corrected chi connectivity index (χ4v) is 3.72. The number of nitrogens with zero attached hydrogens (tertiary/aromatic N) is 4. The van der Waals surface area contributed by atoms with Crippen LogP contribution in [0.25, 0.3) is 0 Å². The predicted molar refractivity (Wildman–Crippen MR) is 97.6 cm³/mol. The molecule has 1 atom stereocenters. The van der Waals surface area contributed by atoms with Crippen LogP contribution in [0.1, 0.15) is 17.2 Å². The molecule has 0 amide bonds. The third-order valence-electron chi connectivity index (χ3n) is 4.30. The Balaban J connectivity index is 1.74. The molecule has 6 heteroatoms. The molecule has 24 heavy (non-hydrogen) atoms. The highest BCUT2D eigenvalue weighted by Gasteiger charge is 2.26. The zero-order valence-electron chi connectivity index (χ0n) is 13.4. The first-order chi connectivity index (χ1) is 11.6. The molecule has 1 aliphatic rings. The molecule has 0 N–H and O–H groups in total. The SMILES string of the molecule is Cc1cccc(C(C#N)N2CCN(c3c(Cl)cncc3Cl)CC2)c1. The fraction of sp³-hybridized carbons (Fsp3) is 0.333. The van der Waals surface area contributed by atoms with E-state index in [-0.39, 0.29) is 6.04 Å². The zero-order valence-corrected chi connectivity index (χ0v) is 14.9. The first-order valence-corrected chi connectivity index (χ1v) is 8.60. The van der Waals surface area contributed by atoms with Crippen molar-refractivity contribution >= 4 is 28.9 Å². The summed E-state index contributed by atoms with van der Waals surface area (Å²) >= 11 is 12.5. The molecule has 0 saturated carbocycles. The van der Waals surface area contributed by atoms with Gasteiger partial charge in [-0.2, -0.15) is 5.26 Å². The van der Waals surface area contributed by atoms with Gasteiger partial charge in [-0.3, -0.25) is 9.88 Å². The van der Waals surface area contributed by atoms with Gasteiger partial charge in [0, 0.05) is 38.6 Å². The molecule has 3 rings (SSSR count). The van der Waals surface area contributed by atoms with Crippen LogP contribution in [0.5, 0.6) is 0 Å². The van der Waals surface area contributed by atoms with E-state index in [0.717, 1.165) is 37.4 Å². The van der Waals surface area contributed by atoms with Gasteiger partial charge in [0.15, 0.2) is 0 Å². The Morgan fingerprint density at radius 2 is 1.79 bits per heavy atom. The van der Waals surface area contributed by atoms with Gasteiger partial charge in [0.2, 0.25) is 0 Å². The Labute approximate surface area is 152 Å². The second-order valence-corrected chi connectivity index (χ2v) is 6.73. The molecule has 1 aromatic carbocycles. The maximum absolute atomic E-state index is 9.64. The minimum Gasteiger partial charge on any atom is -0.366 e. The van der Waals surface area contributed by atoms with Crippen LogP contribution in [0, 0.1) is 18.3 Å². The standard InChI is InChI=1S/C18H18Cl2N4/c1-13-3-2-4-14(9-13)17(10-21)23-5-7-24(8-6-23)18-15(19)11-22-12-16(18)20/h2-4,9,11-12,17H,5-8H2,1H3. The van der Waals surface area contributed by atoms with Crippen molar-refractivity contribution in [3.8, 4) is 6.07 Å². The highest BCUT2D eigenvalue weighted by atomic mass is 35.5. The molecule has 1 fully saturated rings. The highest BCUT2D eigenvalue weighted by Crippen LogP contribution is 2.34. The summed E-state index contributed by atoms with van der Waals surface area (Å²) < 4.78 is 0. The van der Waals surface area contributed by atoms with Crippen LogP contribution in [0.3, 0.4) is 0 Å².